The number of carbonyl (C=O) groups is 1. The minimum Gasteiger partial charge on any atom is -0.468 e. The summed E-state index contributed by atoms with van der Waals surface area (Å²) in [5.41, 5.74) is 6.08. The van der Waals surface area contributed by atoms with Crippen molar-refractivity contribution >= 4 is 17.6 Å². The van der Waals surface area contributed by atoms with Crippen molar-refractivity contribution in [2.75, 3.05) is 7.11 Å². The molecule has 1 heterocycles. The van der Waals surface area contributed by atoms with E-state index in [-0.39, 0.29) is 0 Å². The summed E-state index contributed by atoms with van der Waals surface area (Å²) in [6, 6.07) is 0.740. The molecule has 5 heteroatoms. The van der Waals surface area contributed by atoms with Gasteiger partial charge >= 0.3 is 5.97 Å². The highest BCUT2D eigenvalue weighted by atomic mass is 35.5. The third-order valence-corrected chi connectivity index (χ3v) is 1.91. The van der Waals surface area contributed by atoms with Gasteiger partial charge in [-0.2, -0.15) is 0 Å². The number of ether oxygens (including phenoxy) is 1. The molecule has 2 N–H and O–H groups in total. The minimum atomic E-state index is -0.847. The van der Waals surface area contributed by atoms with Gasteiger partial charge in [0.05, 0.1) is 12.1 Å². The zero-order chi connectivity index (χ0) is 9.84. The predicted molar refractivity (Wildman–Crippen MR) is 48.2 cm³/mol. The summed E-state index contributed by atoms with van der Waals surface area (Å²) in [6.07, 6.45) is 2.95. The molecule has 0 spiro atoms. The Bertz CT molecular complexity index is 317. The Labute approximate surface area is 80.7 Å². The van der Waals surface area contributed by atoms with E-state index in [0.29, 0.717) is 10.6 Å². The second-order valence-corrected chi connectivity index (χ2v) is 2.81. The molecule has 13 heavy (non-hydrogen) atoms. The third kappa shape index (κ3) is 2.17. The van der Waals surface area contributed by atoms with E-state index in [9.17, 15) is 4.79 Å². The molecule has 0 unspecified atom stereocenters. The first-order valence-corrected chi connectivity index (χ1v) is 3.97. The molecule has 0 saturated heterocycles. The van der Waals surface area contributed by atoms with Crippen molar-refractivity contribution in [1.29, 1.82) is 0 Å². The molecule has 0 radical (unpaired) electrons. The van der Waals surface area contributed by atoms with Crippen molar-refractivity contribution in [3.63, 3.8) is 0 Å². The number of methoxy groups -OCH3 is 1. The van der Waals surface area contributed by atoms with Gasteiger partial charge in [0.2, 0.25) is 0 Å². The lowest BCUT2D eigenvalue weighted by Crippen LogP contribution is -2.22. The van der Waals surface area contributed by atoms with E-state index in [4.69, 9.17) is 17.3 Å². The first-order valence-electron chi connectivity index (χ1n) is 3.59. The molecule has 1 aromatic rings. The molecule has 0 saturated carbocycles. The molecule has 0 bridgehead atoms. The number of halogens is 1. The standard InChI is InChI=1S/C8H9ClN2O2/c1-13-8(12)7(10)5-2-3-11-4-6(5)9/h2-4,7H,10H2,1H3/t7-/m1/s1. The van der Waals surface area contributed by atoms with E-state index in [0.717, 1.165) is 0 Å². The van der Waals surface area contributed by atoms with Crippen LogP contribution in [0.5, 0.6) is 0 Å². The van der Waals surface area contributed by atoms with Crippen LogP contribution < -0.4 is 5.73 Å². The van der Waals surface area contributed by atoms with E-state index in [1.807, 2.05) is 0 Å². The number of nitrogens with zero attached hydrogens (tertiary/aromatic N) is 1. The van der Waals surface area contributed by atoms with Gasteiger partial charge in [0.25, 0.3) is 0 Å². The van der Waals surface area contributed by atoms with Crippen LogP contribution in [0.1, 0.15) is 11.6 Å². The Hall–Kier alpha value is -1.13. The first-order chi connectivity index (χ1) is 6.16. The van der Waals surface area contributed by atoms with Crippen LogP contribution in [0.25, 0.3) is 0 Å². The third-order valence-electron chi connectivity index (χ3n) is 1.59. The maximum Gasteiger partial charge on any atom is 0.327 e. The van der Waals surface area contributed by atoms with Gasteiger partial charge in [-0.25, -0.2) is 0 Å². The number of nitrogens with two attached hydrogens (primary N) is 1. The summed E-state index contributed by atoms with van der Waals surface area (Å²) in [5, 5.41) is 0.361. The van der Waals surface area contributed by atoms with E-state index in [1.54, 1.807) is 6.07 Å². The average molecular weight is 201 g/mol. The molecule has 0 aliphatic heterocycles. The van der Waals surface area contributed by atoms with Crippen LogP contribution in [0.15, 0.2) is 18.5 Å². The SMILES string of the molecule is COC(=O)[C@H](N)c1ccncc1Cl. The number of hydrogen-bond donors (Lipinski definition) is 1. The minimum absolute atomic E-state index is 0.361. The van der Waals surface area contributed by atoms with Gasteiger partial charge in [0.1, 0.15) is 6.04 Å². The molecule has 70 valence electrons. The van der Waals surface area contributed by atoms with Crippen LogP contribution in [0.2, 0.25) is 5.02 Å². The fourth-order valence-electron chi connectivity index (χ4n) is 0.892. The highest BCUT2D eigenvalue weighted by Crippen LogP contribution is 2.20. The molecule has 0 aliphatic carbocycles. The van der Waals surface area contributed by atoms with Gasteiger partial charge in [0, 0.05) is 18.0 Å². The molecule has 0 aromatic carbocycles. The summed E-state index contributed by atoms with van der Waals surface area (Å²) in [6.45, 7) is 0. The van der Waals surface area contributed by atoms with Gasteiger partial charge in [-0.15, -0.1) is 0 Å². The number of rotatable bonds is 2. The summed E-state index contributed by atoms with van der Waals surface area (Å²) in [5.74, 6) is -0.520. The Morgan fingerprint density at radius 3 is 3.00 bits per heavy atom. The summed E-state index contributed by atoms with van der Waals surface area (Å²) in [7, 11) is 1.28. The first kappa shape index (κ1) is 9.95. The summed E-state index contributed by atoms with van der Waals surface area (Å²) < 4.78 is 4.48. The van der Waals surface area contributed by atoms with E-state index >= 15 is 0 Å². The van der Waals surface area contributed by atoms with Gasteiger partial charge in [0.15, 0.2) is 0 Å². The summed E-state index contributed by atoms with van der Waals surface area (Å²) in [4.78, 5) is 14.8. The normalized spacial score (nSPS) is 12.2. The van der Waals surface area contributed by atoms with Crippen LogP contribution in [0, 0.1) is 0 Å². The topological polar surface area (TPSA) is 65.2 Å². The number of esters is 1. The molecule has 0 aliphatic rings. The number of hydrogen-bond acceptors (Lipinski definition) is 4. The van der Waals surface area contributed by atoms with Crippen LogP contribution in [-0.4, -0.2) is 18.1 Å². The maximum atomic E-state index is 11.0. The Morgan fingerprint density at radius 2 is 2.46 bits per heavy atom. The van der Waals surface area contributed by atoms with Crippen molar-refractivity contribution in [2.24, 2.45) is 5.73 Å². The van der Waals surface area contributed by atoms with E-state index < -0.39 is 12.0 Å². The lowest BCUT2D eigenvalue weighted by molar-refractivity contribution is -0.142. The molecule has 1 aromatic heterocycles. The van der Waals surface area contributed by atoms with Gasteiger partial charge in [-0.05, 0) is 6.07 Å². The monoisotopic (exact) mass is 200 g/mol. The van der Waals surface area contributed by atoms with Crippen LogP contribution in [0.4, 0.5) is 0 Å². The highest BCUT2D eigenvalue weighted by molar-refractivity contribution is 6.31. The van der Waals surface area contributed by atoms with Crippen molar-refractivity contribution < 1.29 is 9.53 Å². The summed E-state index contributed by atoms with van der Waals surface area (Å²) >= 11 is 5.77. The van der Waals surface area contributed by atoms with Crippen molar-refractivity contribution in [3.8, 4) is 0 Å². The quantitative estimate of drug-likeness (QED) is 0.721. The van der Waals surface area contributed by atoms with Gasteiger partial charge < -0.3 is 10.5 Å². The van der Waals surface area contributed by atoms with Crippen LogP contribution >= 0.6 is 11.6 Å². The van der Waals surface area contributed by atoms with Gasteiger partial charge in [-0.3, -0.25) is 9.78 Å². The lowest BCUT2D eigenvalue weighted by Gasteiger charge is -2.09. The zero-order valence-corrected chi connectivity index (χ0v) is 7.78. The lowest BCUT2D eigenvalue weighted by atomic mass is 10.1. The van der Waals surface area contributed by atoms with E-state index in [1.165, 1.54) is 19.5 Å². The average Bonchev–Trinajstić information content (AvgIpc) is 2.16. The fraction of sp³-hybridized carbons (Fsp3) is 0.250. The van der Waals surface area contributed by atoms with Crippen LogP contribution in [-0.2, 0) is 9.53 Å². The largest absolute Gasteiger partial charge is 0.468 e. The second-order valence-electron chi connectivity index (χ2n) is 2.40. The smallest absolute Gasteiger partial charge is 0.327 e. The van der Waals surface area contributed by atoms with E-state index in [2.05, 4.69) is 9.72 Å². The molecular weight excluding hydrogens is 192 g/mol. The fourth-order valence-corrected chi connectivity index (χ4v) is 1.13. The maximum absolute atomic E-state index is 11.0. The second kappa shape index (κ2) is 4.20. The number of pyridine rings is 1. The Balaban J connectivity index is 2.95. The van der Waals surface area contributed by atoms with Crippen molar-refractivity contribution in [2.45, 2.75) is 6.04 Å². The molecule has 0 fully saturated rings. The van der Waals surface area contributed by atoms with Crippen LogP contribution in [0.3, 0.4) is 0 Å². The van der Waals surface area contributed by atoms with Crippen molar-refractivity contribution in [3.05, 3.63) is 29.0 Å². The predicted octanol–water partition coefficient (Wildman–Crippen LogP) is 0.908. The number of aromatic nitrogens is 1. The molecule has 0 amide bonds. The molecule has 1 atom stereocenters. The van der Waals surface area contributed by atoms with Crippen molar-refractivity contribution in [1.82, 2.24) is 4.98 Å². The molecular formula is C8H9ClN2O2. The Morgan fingerprint density at radius 1 is 1.77 bits per heavy atom. The highest BCUT2D eigenvalue weighted by Gasteiger charge is 2.18. The molecule has 4 nitrogen and oxygen atoms in total. The molecule has 1 rings (SSSR count). The number of carbonyl (C=O) groups excluding carboxylic acids is 1. The van der Waals surface area contributed by atoms with Gasteiger partial charge in [-0.1, -0.05) is 11.6 Å². The zero-order valence-electron chi connectivity index (χ0n) is 7.03. The Kier molecular flexibility index (Phi) is 3.22.